The van der Waals surface area contributed by atoms with Gasteiger partial charge in [0.15, 0.2) is 0 Å². The van der Waals surface area contributed by atoms with E-state index in [1.807, 2.05) is 6.92 Å². The highest BCUT2D eigenvalue weighted by molar-refractivity contribution is 5.44. The quantitative estimate of drug-likeness (QED) is 0.719. The number of aryl methyl sites for hydroxylation is 1. The third-order valence-corrected chi connectivity index (χ3v) is 2.47. The lowest BCUT2D eigenvalue weighted by Gasteiger charge is -2.11. The smallest absolute Gasteiger partial charge is 0.221 e. The first kappa shape index (κ1) is 14.7. The summed E-state index contributed by atoms with van der Waals surface area (Å²) < 4.78 is 10.9. The van der Waals surface area contributed by atoms with Crippen molar-refractivity contribution in [1.29, 1.82) is 0 Å². The lowest BCUT2D eigenvalue weighted by atomic mass is 10.3. The maximum atomic E-state index is 5.84. The summed E-state index contributed by atoms with van der Waals surface area (Å²) in [6, 6.07) is 0. The molecular formula is C13H23N3O2. The van der Waals surface area contributed by atoms with Gasteiger partial charge in [-0.2, -0.15) is 4.98 Å². The highest BCUT2D eigenvalue weighted by atomic mass is 16.5. The zero-order chi connectivity index (χ0) is 13.4. The molecule has 0 bridgehead atoms. The summed E-state index contributed by atoms with van der Waals surface area (Å²) in [6.07, 6.45) is 2.81. The number of anilines is 1. The van der Waals surface area contributed by atoms with Gasteiger partial charge < -0.3 is 15.2 Å². The molecule has 0 aliphatic heterocycles. The van der Waals surface area contributed by atoms with Crippen LogP contribution in [0, 0.1) is 6.92 Å². The van der Waals surface area contributed by atoms with Crippen LogP contribution < -0.4 is 10.5 Å². The largest absolute Gasteiger partial charge is 0.475 e. The molecule has 102 valence electrons. The van der Waals surface area contributed by atoms with Crippen LogP contribution in [0.3, 0.4) is 0 Å². The Morgan fingerprint density at radius 1 is 1.06 bits per heavy atom. The van der Waals surface area contributed by atoms with Crippen LogP contribution in [0.15, 0.2) is 0 Å². The topological polar surface area (TPSA) is 70.3 Å². The molecule has 0 aromatic carbocycles. The van der Waals surface area contributed by atoms with Gasteiger partial charge in [0.2, 0.25) is 5.88 Å². The highest BCUT2D eigenvalue weighted by Gasteiger charge is 2.09. The summed E-state index contributed by atoms with van der Waals surface area (Å²) in [7, 11) is 0. The summed E-state index contributed by atoms with van der Waals surface area (Å²) in [5.41, 5.74) is 6.64. The fraction of sp³-hybridized carbons (Fsp3) is 0.692. The Morgan fingerprint density at radius 2 is 1.83 bits per heavy atom. The maximum absolute atomic E-state index is 5.84. The summed E-state index contributed by atoms with van der Waals surface area (Å²) in [6.45, 7) is 7.84. The number of aromatic nitrogens is 2. The summed E-state index contributed by atoms with van der Waals surface area (Å²) >= 11 is 0. The average Bonchev–Trinajstić information content (AvgIpc) is 2.35. The number of nitrogen functional groups attached to an aromatic ring is 1. The Kier molecular flexibility index (Phi) is 6.43. The Labute approximate surface area is 109 Å². The van der Waals surface area contributed by atoms with Crippen molar-refractivity contribution < 1.29 is 9.47 Å². The first-order valence-corrected chi connectivity index (χ1v) is 6.52. The molecule has 5 heteroatoms. The monoisotopic (exact) mass is 253 g/mol. The van der Waals surface area contributed by atoms with Gasteiger partial charge in [-0.3, -0.25) is 0 Å². The van der Waals surface area contributed by atoms with Crippen molar-refractivity contribution in [3.8, 4) is 5.88 Å². The molecule has 0 amide bonds. The summed E-state index contributed by atoms with van der Waals surface area (Å²) in [5, 5.41) is 0. The van der Waals surface area contributed by atoms with Gasteiger partial charge in [0.25, 0.3) is 0 Å². The molecule has 0 radical (unpaired) electrons. The molecule has 0 aliphatic carbocycles. The molecule has 1 heterocycles. The SMILES string of the molecule is CCCOCCOc1nc(CCC)nc(N)c1C. The Bertz CT molecular complexity index is 369. The fourth-order valence-electron chi connectivity index (χ4n) is 1.48. The van der Waals surface area contributed by atoms with Crippen LogP contribution >= 0.6 is 0 Å². The minimum absolute atomic E-state index is 0.489. The molecule has 1 aromatic rings. The van der Waals surface area contributed by atoms with Crippen LogP contribution in [0.25, 0.3) is 0 Å². The van der Waals surface area contributed by atoms with E-state index in [0.29, 0.717) is 24.9 Å². The molecule has 1 rings (SSSR count). The molecule has 0 saturated heterocycles. The number of ether oxygens (including phenoxy) is 2. The van der Waals surface area contributed by atoms with Gasteiger partial charge in [0.05, 0.1) is 12.2 Å². The predicted octanol–water partition coefficient (Wildman–Crippen LogP) is 2.13. The summed E-state index contributed by atoms with van der Waals surface area (Å²) in [4.78, 5) is 8.61. The van der Waals surface area contributed by atoms with E-state index in [-0.39, 0.29) is 0 Å². The second-order valence-corrected chi connectivity index (χ2v) is 4.17. The fourth-order valence-corrected chi connectivity index (χ4v) is 1.48. The van der Waals surface area contributed by atoms with Gasteiger partial charge in [-0.15, -0.1) is 0 Å². The van der Waals surface area contributed by atoms with E-state index in [9.17, 15) is 0 Å². The molecule has 0 saturated carbocycles. The lowest BCUT2D eigenvalue weighted by Crippen LogP contribution is -2.11. The number of hydrogen-bond acceptors (Lipinski definition) is 5. The normalized spacial score (nSPS) is 10.6. The minimum atomic E-state index is 0.489. The van der Waals surface area contributed by atoms with E-state index in [2.05, 4.69) is 23.8 Å². The maximum Gasteiger partial charge on any atom is 0.221 e. The van der Waals surface area contributed by atoms with Crippen molar-refractivity contribution in [2.75, 3.05) is 25.6 Å². The van der Waals surface area contributed by atoms with Gasteiger partial charge in [-0.1, -0.05) is 13.8 Å². The number of nitrogens with zero attached hydrogens (tertiary/aromatic N) is 2. The van der Waals surface area contributed by atoms with Gasteiger partial charge >= 0.3 is 0 Å². The van der Waals surface area contributed by atoms with Gasteiger partial charge in [-0.05, 0) is 19.8 Å². The van der Waals surface area contributed by atoms with Crippen molar-refractivity contribution in [2.45, 2.75) is 40.0 Å². The van der Waals surface area contributed by atoms with Crippen LogP contribution in [0.4, 0.5) is 5.82 Å². The van der Waals surface area contributed by atoms with Crippen molar-refractivity contribution >= 4 is 5.82 Å². The molecule has 5 nitrogen and oxygen atoms in total. The molecule has 1 aromatic heterocycles. The van der Waals surface area contributed by atoms with Crippen LogP contribution in [0.1, 0.15) is 38.1 Å². The third-order valence-electron chi connectivity index (χ3n) is 2.47. The van der Waals surface area contributed by atoms with Crippen LogP contribution in [-0.2, 0) is 11.2 Å². The van der Waals surface area contributed by atoms with E-state index in [1.54, 1.807) is 0 Å². The van der Waals surface area contributed by atoms with Crippen LogP contribution in [0.5, 0.6) is 5.88 Å². The molecule has 0 spiro atoms. The van der Waals surface area contributed by atoms with Gasteiger partial charge in [0, 0.05) is 13.0 Å². The van der Waals surface area contributed by atoms with Crippen LogP contribution in [-0.4, -0.2) is 29.8 Å². The zero-order valence-corrected chi connectivity index (χ0v) is 11.5. The molecule has 0 fully saturated rings. The minimum Gasteiger partial charge on any atom is -0.475 e. The van der Waals surface area contributed by atoms with Gasteiger partial charge in [-0.25, -0.2) is 4.98 Å². The second kappa shape index (κ2) is 7.87. The van der Waals surface area contributed by atoms with E-state index < -0.39 is 0 Å². The van der Waals surface area contributed by atoms with Crippen molar-refractivity contribution in [2.24, 2.45) is 0 Å². The molecule has 0 atom stereocenters. The molecule has 2 N–H and O–H groups in total. The average molecular weight is 253 g/mol. The number of nitrogens with two attached hydrogens (primary N) is 1. The number of hydrogen-bond donors (Lipinski definition) is 1. The summed E-state index contributed by atoms with van der Waals surface area (Å²) in [5.74, 6) is 1.81. The van der Waals surface area contributed by atoms with Crippen LogP contribution in [0.2, 0.25) is 0 Å². The second-order valence-electron chi connectivity index (χ2n) is 4.17. The lowest BCUT2D eigenvalue weighted by molar-refractivity contribution is 0.0986. The molecule has 0 aliphatic rings. The Balaban J connectivity index is 2.57. The van der Waals surface area contributed by atoms with E-state index in [0.717, 1.165) is 37.3 Å². The molecular weight excluding hydrogens is 230 g/mol. The third kappa shape index (κ3) is 4.49. The van der Waals surface area contributed by atoms with Crippen molar-refractivity contribution in [3.63, 3.8) is 0 Å². The zero-order valence-electron chi connectivity index (χ0n) is 11.5. The highest BCUT2D eigenvalue weighted by Crippen LogP contribution is 2.19. The van der Waals surface area contributed by atoms with E-state index in [1.165, 1.54) is 0 Å². The predicted molar refractivity (Wildman–Crippen MR) is 71.8 cm³/mol. The number of rotatable bonds is 8. The first-order chi connectivity index (χ1) is 8.69. The van der Waals surface area contributed by atoms with Gasteiger partial charge in [0.1, 0.15) is 18.2 Å². The van der Waals surface area contributed by atoms with E-state index >= 15 is 0 Å². The Hall–Kier alpha value is -1.36. The molecule has 18 heavy (non-hydrogen) atoms. The Morgan fingerprint density at radius 3 is 2.50 bits per heavy atom. The van der Waals surface area contributed by atoms with Crippen molar-refractivity contribution in [1.82, 2.24) is 9.97 Å². The van der Waals surface area contributed by atoms with E-state index in [4.69, 9.17) is 15.2 Å². The standard InChI is InChI=1S/C13H23N3O2/c1-4-6-11-15-12(14)10(3)13(16-11)18-9-8-17-7-5-2/h4-9H2,1-3H3,(H2,14,15,16). The molecule has 0 unspecified atom stereocenters. The first-order valence-electron chi connectivity index (χ1n) is 6.52. The van der Waals surface area contributed by atoms with Crippen molar-refractivity contribution in [3.05, 3.63) is 11.4 Å².